The number of carbonyl (C=O) groups excluding carboxylic acids is 1. The third-order valence-electron chi connectivity index (χ3n) is 2.75. The van der Waals surface area contributed by atoms with Crippen LogP contribution in [0, 0.1) is 0 Å². The Morgan fingerprint density at radius 1 is 1.33 bits per heavy atom. The summed E-state index contributed by atoms with van der Waals surface area (Å²) in [5, 5.41) is 2.77. The summed E-state index contributed by atoms with van der Waals surface area (Å²) in [6.07, 6.45) is 0.952. The second-order valence-corrected chi connectivity index (χ2v) is 5.93. The van der Waals surface area contributed by atoms with E-state index in [1.165, 1.54) is 0 Å². The first-order valence-electron chi connectivity index (χ1n) is 7.09. The van der Waals surface area contributed by atoms with E-state index in [4.69, 9.17) is 9.47 Å². The minimum Gasteiger partial charge on any atom is -0.444 e. The highest BCUT2D eigenvalue weighted by atomic mass is 16.6. The highest BCUT2D eigenvalue weighted by Crippen LogP contribution is 2.10. The van der Waals surface area contributed by atoms with Crippen molar-refractivity contribution in [3.63, 3.8) is 0 Å². The van der Waals surface area contributed by atoms with E-state index in [0.29, 0.717) is 6.61 Å². The van der Waals surface area contributed by atoms with Gasteiger partial charge < -0.3 is 14.8 Å². The van der Waals surface area contributed by atoms with Gasteiger partial charge in [0.1, 0.15) is 5.60 Å². The van der Waals surface area contributed by atoms with Crippen molar-refractivity contribution < 1.29 is 14.3 Å². The van der Waals surface area contributed by atoms with Gasteiger partial charge in [-0.2, -0.15) is 0 Å². The Morgan fingerprint density at radius 2 is 1.95 bits per heavy atom. The predicted molar refractivity (Wildman–Crippen MR) is 84.0 cm³/mol. The van der Waals surface area contributed by atoms with Crippen LogP contribution < -0.4 is 5.32 Å². The minimum atomic E-state index is -0.516. The zero-order valence-electron chi connectivity index (χ0n) is 13.3. The van der Waals surface area contributed by atoms with Crippen molar-refractivity contribution in [2.45, 2.75) is 52.0 Å². The van der Waals surface area contributed by atoms with Gasteiger partial charge in [0.05, 0.1) is 18.8 Å². The van der Waals surface area contributed by atoms with Crippen LogP contribution in [0.3, 0.4) is 0 Å². The molecule has 0 bridgehead atoms. The third kappa shape index (κ3) is 6.95. The lowest BCUT2D eigenvalue weighted by atomic mass is 10.1. The normalized spacial score (nSPS) is 14.1. The molecule has 0 heterocycles. The molecule has 21 heavy (non-hydrogen) atoms. The molecule has 0 radical (unpaired) electrons. The van der Waals surface area contributed by atoms with Crippen molar-refractivity contribution in [3.8, 4) is 0 Å². The number of amides is 1. The van der Waals surface area contributed by atoms with Crippen LogP contribution in [-0.4, -0.2) is 23.8 Å². The number of rotatable bonds is 6. The third-order valence-corrected chi connectivity index (χ3v) is 2.75. The fraction of sp³-hybridized carbons (Fsp3) is 0.471. The molecule has 2 atom stereocenters. The van der Waals surface area contributed by atoms with E-state index in [-0.39, 0.29) is 12.1 Å². The molecule has 0 unspecified atom stereocenters. The fourth-order valence-corrected chi connectivity index (χ4v) is 1.76. The van der Waals surface area contributed by atoms with Crippen LogP contribution in [0.15, 0.2) is 43.0 Å². The van der Waals surface area contributed by atoms with E-state index in [2.05, 4.69) is 11.9 Å². The molecule has 1 amide bonds. The maximum atomic E-state index is 11.7. The Kier molecular flexibility index (Phi) is 6.43. The number of carbonyl (C=O) groups is 1. The van der Waals surface area contributed by atoms with Gasteiger partial charge in [0.2, 0.25) is 0 Å². The van der Waals surface area contributed by atoms with E-state index in [1.54, 1.807) is 6.08 Å². The summed E-state index contributed by atoms with van der Waals surface area (Å²) < 4.78 is 11.0. The second kappa shape index (κ2) is 7.84. The van der Waals surface area contributed by atoms with Crippen molar-refractivity contribution in [2.75, 3.05) is 0 Å². The van der Waals surface area contributed by atoms with Gasteiger partial charge in [-0.1, -0.05) is 36.4 Å². The van der Waals surface area contributed by atoms with Crippen LogP contribution in [-0.2, 0) is 16.1 Å². The van der Waals surface area contributed by atoms with E-state index in [9.17, 15) is 4.79 Å². The lowest BCUT2D eigenvalue weighted by Crippen LogP contribution is -2.43. The van der Waals surface area contributed by atoms with Gasteiger partial charge in [0.15, 0.2) is 0 Å². The van der Waals surface area contributed by atoms with Gasteiger partial charge in [-0.05, 0) is 33.3 Å². The Morgan fingerprint density at radius 3 is 2.48 bits per heavy atom. The van der Waals surface area contributed by atoms with Crippen molar-refractivity contribution in [2.24, 2.45) is 0 Å². The molecule has 0 aliphatic heterocycles. The number of hydrogen-bond donors (Lipinski definition) is 1. The molecule has 0 aromatic heterocycles. The fourth-order valence-electron chi connectivity index (χ4n) is 1.76. The Hall–Kier alpha value is -1.81. The van der Waals surface area contributed by atoms with Crippen LogP contribution in [0.2, 0.25) is 0 Å². The van der Waals surface area contributed by atoms with Crippen molar-refractivity contribution >= 4 is 6.09 Å². The first-order chi connectivity index (χ1) is 9.81. The molecule has 0 saturated carbocycles. The average Bonchev–Trinajstić information content (AvgIpc) is 2.38. The molecule has 1 rings (SSSR count). The molecule has 4 nitrogen and oxygen atoms in total. The minimum absolute atomic E-state index is 0.221. The lowest BCUT2D eigenvalue weighted by Gasteiger charge is -2.25. The zero-order chi connectivity index (χ0) is 15.9. The van der Waals surface area contributed by atoms with Gasteiger partial charge in [-0.3, -0.25) is 0 Å². The number of hydrogen-bond acceptors (Lipinski definition) is 3. The molecule has 0 fully saturated rings. The SMILES string of the molecule is C=C[C@@H](OCc1ccccc1)[C@H](C)NC(=O)OC(C)(C)C. The molecule has 1 aromatic rings. The Bertz CT molecular complexity index is 451. The monoisotopic (exact) mass is 291 g/mol. The first-order valence-corrected chi connectivity index (χ1v) is 7.09. The number of benzene rings is 1. The van der Waals surface area contributed by atoms with Crippen molar-refractivity contribution in [1.82, 2.24) is 5.32 Å². The topological polar surface area (TPSA) is 47.6 Å². The largest absolute Gasteiger partial charge is 0.444 e. The maximum absolute atomic E-state index is 11.7. The highest BCUT2D eigenvalue weighted by Gasteiger charge is 2.21. The second-order valence-electron chi connectivity index (χ2n) is 5.93. The van der Waals surface area contributed by atoms with Crippen LogP contribution in [0.4, 0.5) is 4.79 Å². The highest BCUT2D eigenvalue weighted by molar-refractivity contribution is 5.68. The molecule has 1 aromatic carbocycles. The van der Waals surface area contributed by atoms with E-state index in [0.717, 1.165) is 5.56 Å². The summed E-state index contributed by atoms with van der Waals surface area (Å²) in [6, 6.07) is 9.65. The van der Waals surface area contributed by atoms with Crippen molar-refractivity contribution in [1.29, 1.82) is 0 Å². The zero-order valence-corrected chi connectivity index (χ0v) is 13.3. The van der Waals surface area contributed by atoms with E-state index < -0.39 is 11.7 Å². The molecular weight excluding hydrogens is 266 g/mol. The molecular formula is C17H25NO3. The van der Waals surface area contributed by atoms with Gasteiger partial charge in [-0.25, -0.2) is 4.79 Å². The summed E-state index contributed by atoms with van der Waals surface area (Å²) in [5.41, 5.74) is 0.562. The molecule has 0 aliphatic carbocycles. The van der Waals surface area contributed by atoms with Gasteiger partial charge in [0, 0.05) is 0 Å². The molecule has 0 spiro atoms. The summed E-state index contributed by atoms with van der Waals surface area (Å²) in [4.78, 5) is 11.7. The summed E-state index contributed by atoms with van der Waals surface area (Å²) in [5.74, 6) is 0. The number of alkyl carbamates (subject to hydrolysis) is 1. The van der Waals surface area contributed by atoms with Gasteiger partial charge in [0.25, 0.3) is 0 Å². The average molecular weight is 291 g/mol. The molecule has 116 valence electrons. The predicted octanol–water partition coefficient (Wildman–Crippen LogP) is 3.67. The molecule has 1 N–H and O–H groups in total. The van der Waals surface area contributed by atoms with Crippen molar-refractivity contribution in [3.05, 3.63) is 48.6 Å². The molecule has 0 aliphatic rings. The maximum Gasteiger partial charge on any atom is 0.407 e. The van der Waals surface area contributed by atoms with E-state index >= 15 is 0 Å². The molecule has 0 saturated heterocycles. The standard InChI is InChI=1S/C17H25NO3/c1-6-15(20-12-14-10-8-7-9-11-14)13(2)18-16(19)21-17(3,4)5/h6-11,13,15H,1,12H2,2-5H3,(H,18,19)/t13-,15+/m0/s1. The van der Waals surface area contributed by atoms with Gasteiger partial charge >= 0.3 is 6.09 Å². The van der Waals surface area contributed by atoms with Crippen LogP contribution >= 0.6 is 0 Å². The summed E-state index contributed by atoms with van der Waals surface area (Å²) in [7, 11) is 0. The van der Waals surface area contributed by atoms with Crippen LogP contribution in [0.25, 0.3) is 0 Å². The lowest BCUT2D eigenvalue weighted by molar-refractivity contribution is 0.0295. The van der Waals surface area contributed by atoms with Crippen LogP contribution in [0.1, 0.15) is 33.3 Å². The van der Waals surface area contributed by atoms with Crippen LogP contribution in [0.5, 0.6) is 0 Å². The number of nitrogens with one attached hydrogen (secondary N) is 1. The Labute approximate surface area is 127 Å². The Balaban J connectivity index is 2.47. The van der Waals surface area contributed by atoms with E-state index in [1.807, 2.05) is 58.0 Å². The summed E-state index contributed by atoms with van der Waals surface area (Å²) >= 11 is 0. The summed E-state index contributed by atoms with van der Waals surface area (Å²) in [6.45, 7) is 11.6. The van der Waals surface area contributed by atoms with Gasteiger partial charge in [-0.15, -0.1) is 6.58 Å². The number of ether oxygens (including phenoxy) is 2. The first kappa shape index (κ1) is 17.2. The quantitative estimate of drug-likeness (QED) is 0.813. The molecule has 4 heteroatoms. The smallest absolute Gasteiger partial charge is 0.407 e.